The van der Waals surface area contributed by atoms with Gasteiger partial charge in [-0.05, 0) is 109 Å². The Labute approximate surface area is 329 Å². The van der Waals surface area contributed by atoms with Gasteiger partial charge < -0.3 is 59.8 Å². The highest BCUT2D eigenvalue weighted by molar-refractivity contribution is 5.79. The fourth-order valence-corrected chi connectivity index (χ4v) is 13.5. The second-order valence-electron chi connectivity index (χ2n) is 20.7. The second-order valence-corrected chi connectivity index (χ2v) is 20.7. The van der Waals surface area contributed by atoms with Crippen LogP contribution in [0, 0.1) is 50.2 Å². The van der Waals surface area contributed by atoms with E-state index in [4.69, 9.17) is 18.9 Å². The summed E-state index contributed by atoms with van der Waals surface area (Å²) in [7, 11) is 0. The Morgan fingerprint density at radius 2 is 1.39 bits per heavy atom. The molecule has 0 radical (unpaired) electrons. The number of hydrogen-bond donors (Lipinski definition) is 8. The van der Waals surface area contributed by atoms with Gasteiger partial charge in [0.2, 0.25) is 6.29 Å². The lowest BCUT2D eigenvalue weighted by Gasteiger charge is -2.71. The van der Waals surface area contributed by atoms with Crippen molar-refractivity contribution in [3.05, 3.63) is 11.6 Å². The van der Waals surface area contributed by atoms with E-state index in [0.29, 0.717) is 25.2 Å². The Balaban J connectivity index is 1.16. The molecule has 8 N–H and O–H groups in total. The lowest BCUT2D eigenvalue weighted by atomic mass is 9.33. The Kier molecular flexibility index (Phi) is 10.8. The maximum atomic E-state index is 14.6. The van der Waals surface area contributed by atoms with Crippen molar-refractivity contribution >= 4 is 11.9 Å². The van der Waals surface area contributed by atoms with Gasteiger partial charge in [0.25, 0.3) is 0 Å². The molecule has 0 aromatic carbocycles. The number of ether oxygens (including phenoxy) is 4. The molecule has 7 aliphatic rings. The Morgan fingerprint density at radius 1 is 0.750 bits per heavy atom. The minimum Gasteiger partial charge on any atom is -0.479 e. The van der Waals surface area contributed by atoms with Gasteiger partial charge in [-0.3, -0.25) is 4.79 Å². The van der Waals surface area contributed by atoms with Crippen molar-refractivity contribution in [2.24, 2.45) is 50.2 Å². The number of rotatable bonds is 6. The molecular weight excluding hydrogens is 728 g/mol. The molecular formula is C42H66O14. The number of carbonyl (C=O) groups is 2. The molecule has 18 atom stereocenters. The van der Waals surface area contributed by atoms with E-state index >= 15 is 0 Å². The molecule has 14 nitrogen and oxygen atoms in total. The summed E-state index contributed by atoms with van der Waals surface area (Å²) in [5, 5.41) is 82.4. The third-order valence-electron chi connectivity index (χ3n) is 17.2. The first-order valence-corrected chi connectivity index (χ1v) is 20.8. The molecule has 2 heterocycles. The van der Waals surface area contributed by atoms with Crippen LogP contribution in [-0.4, -0.2) is 127 Å². The molecule has 5 aliphatic carbocycles. The standard InChI is InChI=1S/C42H66O14/c1-37(2)14-16-42(36(52)56-34-30(48)27(45)26(44)22(19-43)53-34)17-15-40(6)20(21(42)18-37)8-9-24-39(5)12-11-25(38(3,4)23(39)10-13-41(24,40)7)54-35-31(49)28(46)29(47)32(55-35)33(50)51/h8,21-32,34-35,43-49H,9-19H2,1-7H3,(H,50,51)/t21-,22+,23-,24+,25-,26+,27-,28-,29-,30+,31+,32-,34-,35+,39-,40+,41+,42-/m1/s1. The molecule has 6 fully saturated rings. The summed E-state index contributed by atoms with van der Waals surface area (Å²) in [5.74, 6) is -1.52. The van der Waals surface area contributed by atoms with Gasteiger partial charge in [0, 0.05) is 0 Å². The summed E-state index contributed by atoms with van der Waals surface area (Å²) < 4.78 is 23.5. The molecule has 0 bridgehead atoms. The van der Waals surface area contributed by atoms with Gasteiger partial charge in [-0.25, -0.2) is 4.79 Å². The number of hydrogen-bond acceptors (Lipinski definition) is 13. The van der Waals surface area contributed by atoms with Crippen LogP contribution < -0.4 is 0 Å². The van der Waals surface area contributed by atoms with E-state index in [0.717, 1.165) is 44.9 Å². The summed E-state index contributed by atoms with van der Waals surface area (Å²) in [4.78, 5) is 26.4. The number of carboxylic acids is 1. The van der Waals surface area contributed by atoms with Crippen molar-refractivity contribution in [2.45, 2.75) is 180 Å². The summed E-state index contributed by atoms with van der Waals surface area (Å²) in [5.41, 5.74) is -0.448. The van der Waals surface area contributed by atoms with Crippen molar-refractivity contribution in [2.75, 3.05) is 6.61 Å². The van der Waals surface area contributed by atoms with Crippen molar-refractivity contribution < 1.29 is 69.4 Å². The average molecular weight is 795 g/mol. The third kappa shape index (κ3) is 6.17. The van der Waals surface area contributed by atoms with Crippen LogP contribution in [-0.2, 0) is 28.5 Å². The first kappa shape index (κ1) is 42.4. The Bertz CT molecular complexity index is 1560. The first-order chi connectivity index (χ1) is 26.0. The lowest BCUT2D eigenvalue weighted by Crippen LogP contribution is -2.66. The van der Waals surface area contributed by atoms with Gasteiger partial charge in [-0.15, -0.1) is 0 Å². The zero-order valence-corrected chi connectivity index (χ0v) is 34.0. The van der Waals surface area contributed by atoms with Crippen LogP contribution in [0.1, 0.15) is 113 Å². The van der Waals surface area contributed by atoms with Crippen LogP contribution in [0.25, 0.3) is 0 Å². The molecule has 0 amide bonds. The summed E-state index contributed by atoms with van der Waals surface area (Å²) in [6.07, 6.45) is -6.14. The number of fused-ring (bicyclic) bond motifs is 7. The van der Waals surface area contributed by atoms with Crippen molar-refractivity contribution in [3.63, 3.8) is 0 Å². The van der Waals surface area contributed by atoms with Crippen molar-refractivity contribution in [1.29, 1.82) is 0 Å². The highest BCUT2D eigenvalue weighted by Gasteiger charge is 2.70. The second kappa shape index (κ2) is 14.2. The number of allylic oxidation sites excluding steroid dienone is 2. The highest BCUT2D eigenvalue weighted by atomic mass is 16.7. The molecule has 0 aromatic heterocycles. The van der Waals surface area contributed by atoms with E-state index in [1.165, 1.54) is 5.57 Å². The van der Waals surface area contributed by atoms with E-state index in [9.17, 15) is 50.4 Å². The SMILES string of the molecule is CC1(C)CC[C@@]2(C(=O)O[C@H]3O[C@@H](CO)[C@H](O)[C@@H](O)[C@@H]3O)CC[C@@]3(C)C(=CC[C@H]4[C@]5(C)CC[C@@H](O[C@H]6O[C@@H](C(=O)O)[C@H](O)[C@@H](O)[C@@H]6O)C(C)(C)[C@H]5CC[C@@]43C)[C@H]2C1. The third-order valence-corrected chi connectivity index (χ3v) is 17.2. The monoisotopic (exact) mass is 794 g/mol. The summed E-state index contributed by atoms with van der Waals surface area (Å²) >= 11 is 0. The van der Waals surface area contributed by atoms with Gasteiger partial charge in [-0.2, -0.15) is 0 Å². The maximum absolute atomic E-state index is 14.6. The average Bonchev–Trinajstić information content (AvgIpc) is 3.12. The fraction of sp³-hybridized carbons (Fsp3) is 0.905. The minimum absolute atomic E-state index is 0.0330. The summed E-state index contributed by atoms with van der Waals surface area (Å²) in [6, 6.07) is 0. The van der Waals surface area contributed by atoms with Crippen LogP contribution in [0.4, 0.5) is 0 Å². The normalized spacial score (nSPS) is 52.3. The topological polar surface area (TPSA) is 233 Å². The molecule has 2 saturated heterocycles. The molecule has 14 heteroatoms. The van der Waals surface area contributed by atoms with E-state index in [1.807, 2.05) is 0 Å². The molecule has 2 aliphatic heterocycles. The lowest BCUT2D eigenvalue weighted by molar-refractivity contribution is -0.324. The molecule has 318 valence electrons. The fourth-order valence-electron chi connectivity index (χ4n) is 13.5. The number of carboxylic acid groups (broad SMARTS) is 1. The molecule has 0 spiro atoms. The van der Waals surface area contributed by atoms with Crippen molar-refractivity contribution in [1.82, 2.24) is 0 Å². The quantitative estimate of drug-likeness (QED) is 0.110. The van der Waals surface area contributed by atoms with Crippen LogP contribution in [0.5, 0.6) is 0 Å². The van der Waals surface area contributed by atoms with Crippen LogP contribution in [0.3, 0.4) is 0 Å². The summed E-state index contributed by atoms with van der Waals surface area (Å²) in [6.45, 7) is 15.5. The van der Waals surface area contributed by atoms with Gasteiger partial charge in [0.1, 0.15) is 42.7 Å². The van der Waals surface area contributed by atoms with Gasteiger partial charge in [0.15, 0.2) is 12.4 Å². The predicted molar refractivity (Wildman–Crippen MR) is 198 cm³/mol. The van der Waals surface area contributed by atoms with E-state index < -0.39 is 96.9 Å². The van der Waals surface area contributed by atoms with Gasteiger partial charge in [-0.1, -0.05) is 60.1 Å². The minimum atomic E-state index is -1.79. The van der Waals surface area contributed by atoms with E-state index in [-0.39, 0.29) is 33.5 Å². The molecule has 56 heavy (non-hydrogen) atoms. The molecule has 0 aromatic rings. The highest BCUT2D eigenvalue weighted by Crippen LogP contribution is 2.76. The zero-order chi connectivity index (χ0) is 41.1. The number of esters is 1. The Hall–Kier alpha value is -1.72. The predicted octanol–water partition coefficient (Wildman–Crippen LogP) is 2.41. The van der Waals surface area contributed by atoms with E-state index in [1.54, 1.807) is 0 Å². The van der Waals surface area contributed by atoms with Gasteiger partial charge in [0.05, 0.1) is 18.1 Å². The largest absolute Gasteiger partial charge is 0.479 e. The van der Waals surface area contributed by atoms with Crippen LogP contribution in [0.2, 0.25) is 0 Å². The number of aliphatic hydroxyl groups is 7. The Morgan fingerprint density at radius 3 is 2.05 bits per heavy atom. The van der Waals surface area contributed by atoms with Gasteiger partial charge >= 0.3 is 11.9 Å². The number of carbonyl (C=O) groups excluding carboxylic acids is 1. The van der Waals surface area contributed by atoms with E-state index in [2.05, 4.69) is 54.5 Å². The number of aliphatic hydroxyl groups excluding tert-OH is 7. The maximum Gasteiger partial charge on any atom is 0.335 e. The smallest absolute Gasteiger partial charge is 0.335 e. The number of aliphatic carboxylic acids is 1. The van der Waals surface area contributed by atoms with Crippen LogP contribution in [0.15, 0.2) is 11.6 Å². The molecule has 7 rings (SSSR count). The zero-order valence-electron chi connectivity index (χ0n) is 34.0. The molecule has 0 unspecified atom stereocenters. The molecule has 4 saturated carbocycles. The first-order valence-electron chi connectivity index (χ1n) is 20.8. The van der Waals surface area contributed by atoms with Crippen molar-refractivity contribution in [3.8, 4) is 0 Å². The van der Waals surface area contributed by atoms with Crippen LogP contribution >= 0.6 is 0 Å².